The maximum Gasteiger partial charge on any atom is 0.242 e. The summed E-state index contributed by atoms with van der Waals surface area (Å²) in [6, 6.07) is 10.7. The van der Waals surface area contributed by atoms with E-state index in [-0.39, 0.29) is 23.5 Å². The topological polar surface area (TPSA) is 65.0 Å². The van der Waals surface area contributed by atoms with E-state index in [9.17, 15) is 9.90 Å². The summed E-state index contributed by atoms with van der Waals surface area (Å²) < 4.78 is 17.0. The Hall–Kier alpha value is -2.47. The molecule has 1 atom stereocenters. The molecule has 1 N–H and O–H groups in total. The molecule has 3 rings (SSSR count). The smallest absolute Gasteiger partial charge is 0.242 e. The van der Waals surface area contributed by atoms with E-state index in [4.69, 9.17) is 13.9 Å². The summed E-state index contributed by atoms with van der Waals surface area (Å²) in [6.45, 7) is 6.38. The standard InChI is InChI=1S/C19H22O5Si/c1-22-14-9-15(20)19-16(21)11-17(23-18(19)10-14)12-5-7-13(8-6-12)24-25(2,3)4/h5-10,17,20H,11H2,1-4H3. The van der Waals surface area contributed by atoms with Gasteiger partial charge in [0, 0.05) is 12.1 Å². The zero-order valence-electron chi connectivity index (χ0n) is 14.8. The fraction of sp³-hybridized carbons (Fsp3) is 0.316. The molecular formula is C19H22O5Si. The Morgan fingerprint density at radius 3 is 2.40 bits per heavy atom. The summed E-state index contributed by atoms with van der Waals surface area (Å²) in [4.78, 5) is 12.4. The number of hydrogen-bond acceptors (Lipinski definition) is 5. The number of carbonyl (C=O) groups excluding carboxylic acids is 1. The van der Waals surface area contributed by atoms with Gasteiger partial charge in [-0.3, -0.25) is 4.79 Å². The number of methoxy groups -OCH3 is 1. The lowest BCUT2D eigenvalue weighted by atomic mass is 9.95. The molecule has 5 nitrogen and oxygen atoms in total. The number of Topliss-reactive ketones (excluding diaryl/α,β-unsaturated/α-hetero) is 1. The van der Waals surface area contributed by atoms with Crippen molar-refractivity contribution in [1.29, 1.82) is 0 Å². The number of ketones is 1. The Morgan fingerprint density at radius 2 is 1.80 bits per heavy atom. The molecular weight excluding hydrogens is 336 g/mol. The van der Waals surface area contributed by atoms with Crippen LogP contribution >= 0.6 is 0 Å². The number of benzene rings is 2. The lowest BCUT2D eigenvalue weighted by Crippen LogP contribution is -2.29. The number of phenols is 1. The molecule has 0 bridgehead atoms. The lowest BCUT2D eigenvalue weighted by Gasteiger charge is -2.27. The van der Waals surface area contributed by atoms with E-state index in [1.165, 1.54) is 13.2 Å². The normalized spacial score (nSPS) is 16.8. The molecule has 0 saturated heterocycles. The van der Waals surface area contributed by atoms with Crippen LogP contribution in [0.5, 0.6) is 23.0 Å². The molecule has 0 radical (unpaired) electrons. The first-order chi connectivity index (χ1) is 11.8. The van der Waals surface area contributed by atoms with Crippen molar-refractivity contribution in [3.63, 3.8) is 0 Å². The molecule has 1 heterocycles. The van der Waals surface area contributed by atoms with E-state index in [2.05, 4.69) is 19.6 Å². The average molecular weight is 358 g/mol. The molecule has 6 heteroatoms. The minimum absolute atomic E-state index is 0.114. The summed E-state index contributed by atoms with van der Waals surface area (Å²) in [5, 5.41) is 10.0. The number of hydrogen-bond donors (Lipinski definition) is 1. The average Bonchev–Trinajstić information content (AvgIpc) is 2.53. The van der Waals surface area contributed by atoms with Crippen molar-refractivity contribution in [3.8, 4) is 23.0 Å². The lowest BCUT2D eigenvalue weighted by molar-refractivity contribution is 0.0844. The van der Waals surface area contributed by atoms with Crippen LogP contribution in [0.25, 0.3) is 0 Å². The molecule has 0 aromatic heterocycles. The van der Waals surface area contributed by atoms with E-state index in [1.807, 2.05) is 24.3 Å². The monoisotopic (exact) mass is 358 g/mol. The van der Waals surface area contributed by atoms with Gasteiger partial charge in [0.25, 0.3) is 0 Å². The minimum Gasteiger partial charge on any atom is -0.544 e. The van der Waals surface area contributed by atoms with Crippen molar-refractivity contribution in [2.45, 2.75) is 32.2 Å². The van der Waals surface area contributed by atoms with Gasteiger partial charge in [0.2, 0.25) is 8.32 Å². The third kappa shape index (κ3) is 3.79. The van der Waals surface area contributed by atoms with Gasteiger partial charge < -0.3 is 19.0 Å². The largest absolute Gasteiger partial charge is 0.544 e. The van der Waals surface area contributed by atoms with Gasteiger partial charge in [-0.1, -0.05) is 12.1 Å². The summed E-state index contributed by atoms with van der Waals surface area (Å²) in [5.41, 5.74) is 1.11. The number of aromatic hydroxyl groups is 1. The zero-order chi connectivity index (χ0) is 18.2. The molecule has 1 aliphatic rings. The minimum atomic E-state index is -1.66. The summed E-state index contributed by atoms with van der Waals surface area (Å²) in [5.74, 6) is 1.36. The van der Waals surface area contributed by atoms with Gasteiger partial charge in [0.1, 0.15) is 34.7 Å². The predicted molar refractivity (Wildman–Crippen MR) is 97.4 cm³/mol. The van der Waals surface area contributed by atoms with Crippen molar-refractivity contribution in [1.82, 2.24) is 0 Å². The Labute approximate surface area is 148 Å². The first-order valence-corrected chi connectivity index (χ1v) is 11.6. The van der Waals surface area contributed by atoms with Gasteiger partial charge in [-0.15, -0.1) is 0 Å². The maximum atomic E-state index is 12.4. The summed E-state index contributed by atoms with van der Waals surface area (Å²) in [6.07, 6.45) is -0.214. The quantitative estimate of drug-likeness (QED) is 0.825. The number of carbonyl (C=O) groups is 1. The zero-order valence-corrected chi connectivity index (χ0v) is 15.8. The molecule has 0 spiro atoms. The van der Waals surface area contributed by atoms with Crippen LogP contribution in [0.1, 0.15) is 28.4 Å². The van der Waals surface area contributed by atoms with Gasteiger partial charge >= 0.3 is 0 Å². The maximum absolute atomic E-state index is 12.4. The van der Waals surface area contributed by atoms with E-state index >= 15 is 0 Å². The number of ether oxygens (including phenoxy) is 2. The van der Waals surface area contributed by atoms with Crippen LogP contribution in [-0.4, -0.2) is 26.3 Å². The van der Waals surface area contributed by atoms with Crippen molar-refractivity contribution in [2.24, 2.45) is 0 Å². The predicted octanol–water partition coefficient (Wildman–Crippen LogP) is 4.32. The van der Waals surface area contributed by atoms with Crippen LogP contribution < -0.4 is 13.9 Å². The first kappa shape index (κ1) is 17.4. The van der Waals surface area contributed by atoms with Crippen molar-refractivity contribution >= 4 is 14.1 Å². The van der Waals surface area contributed by atoms with Crippen LogP contribution in [-0.2, 0) is 0 Å². The van der Waals surface area contributed by atoms with Crippen LogP contribution in [0, 0.1) is 0 Å². The molecule has 0 aliphatic carbocycles. The second kappa shape index (κ2) is 6.44. The number of phenolic OH excluding ortho intramolecular Hbond substituents is 1. The summed E-state index contributed by atoms with van der Waals surface area (Å²) >= 11 is 0. The second-order valence-electron chi connectivity index (χ2n) is 7.04. The molecule has 2 aromatic carbocycles. The number of rotatable bonds is 4. The van der Waals surface area contributed by atoms with Gasteiger partial charge in [0.15, 0.2) is 5.78 Å². The summed E-state index contributed by atoms with van der Waals surface area (Å²) in [7, 11) is -0.157. The van der Waals surface area contributed by atoms with Crippen molar-refractivity contribution in [2.75, 3.05) is 7.11 Å². The molecule has 2 aromatic rings. The SMILES string of the molecule is COc1cc(O)c2c(c1)OC(c1ccc(O[Si](C)(C)C)cc1)CC2=O. The first-order valence-electron chi connectivity index (χ1n) is 8.16. The van der Waals surface area contributed by atoms with Gasteiger partial charge in [0.05, 0.1) is 13.5 Å². The van der Waals surface area contributed by atoms with E-state index in [1.54, 1.807) is 6.07 Å². The van der Waals surface area contributed by atoms with E-state index in [0.717, 1.165) is 11.3 Å². The third-order valence-corrected chi connectivity index (χ3v) is 4.73. The molecule has 0 fully saturated rings. The molecule has 0 amide bonds. The Bertz CT molecular complexity index is 793. The fourth-order valence-corrected chi connectivity index (χ4v) is 3.67. The van der Waals surface area contributed by atoms with E-state index in [0.29, 0.717) is 11.5 Å². The van der Waals surface area contributed by atoms with Crippen LogP contribution in [0.4, 0.5) is 0 Å². The highest BCUT2D eigenvalue weighted by Crippen LogP contribution is 2.42. The third-order valence-electron chi connectivity index (χ3n) is 3.89. The van der Waals surface area contributed by atoms with E-state index < -0.39 is 14.4 Å². The number of fused-ring (bicyclic) bond motifs is 1. The molecule has 0 saturated carbocycles. The molecule has 132 valence electrons. The fourth-order valence-electron chi connectivity index (χ4n) is 2.82. The van der Waals surface area contributed by atoms with Crippen molar-refractivity contribution < 1.29 is 23.8 Å². The van der Waals surface area contributed by atoms with Gasteiger partial charge in [-0.05, 0) is 37.3 Å². The van der Waals surface area contributed by atoms with Crippen LogP contribution in [0.15, 0.2) is 36.4 Å². The molecule has 25 heavy (non-hydrogen) atoms. The van der Waals surface area contributed by atoms with Crippen LogP contribution in [0.3, 0.4) is 0 Å². The Balaban J connectivity index is 1.86. The van der Waals surface area contributed by atoms with Crippen LogP contribution in [0.2, 0.25) is 19.6 Å². The van der Waals surface area contributed by atoms with Crippen molar-refractivity contribution in [3.05, 3.63) is 47.5 Å². The Morgan fingerprint density at radius 1 is 1.12 bits per heavy atom. The molecule has 1 unspecified atom stereocenters. The highest BCUT2D eigenvalue weighted by Gasteiger charge is 2.31. The van der Waals surface area contributed by atoms with Gasteiger partial charge in [-0.25, -0.2) is 0 Å². The van der Waals surface area contributed by atoms with Gasteiger partial charge in [-0.2, -0.15) is 0 Å². The Kier molecular flexibility index (Phi) is 4.47. The highest BCUT2D eigenvalue weighted by molar-refractivity contribution is 6.70. The molecule has 1 aliphatic heterocycles. The highest BCUT2D eigenvalue weighted by atomic mass is 28.4. The second-order valence-corrected chi connectivity index (χ2v) is 11.5.